The van der Waals surface area contributed by atoms with Gasteiger partial charge in [0.15, 0.2) is 0 Å². The summed E-state index contributed by atoms with van der Waals surface area (Å²) >= 11 is 1.69. The molecule has 0 unspecified atom stereocenters. The van der Waals surface area contributed by atoms with Crippen molar-refractivity contribution in [2.24, 2.45) is 0 Å². The Morgan fingerprint density at radius 1 is 1.64 bits per heavy atom. The van der Waals surface area contributed by atoms with E-state index in [1.54, 1.807) is 11.3 Å². The lowest BCUT2D eigenvalue weighted by Gasteiger charge is -2.19. The second-order valence-electron chi connectivity index (χ2n) is 3.58. The highest BCUT2D eigenvalue weighted by atomic mass is 32.1. The van der Waals surface area contributed by atoms with E-state index >= 15 is 0 Å². The van der Waals surface area contributed by atoms with Gasteiger partial charge >= 0.3 is 0 Å². The molecule has 1 fully saturated rings. The van der Waals surface area contributed by atoms with Gasteiger partial charge < -0.3 is 0 Å². The molecule has 1 aliphatic rings. The number of nitriles is 1. The van der Waals surface area contributed by atoms with Crippen LogP contribution in [0.1, 0.15) is 24.1 Å². The van der Waals surface area contributed by atoms with Crippen LogP contribution in [-0.2, 0) is 6.54 Å². The first-order chi connectivity index (χ1) is 6.90. The molecule has 0 bridgehead atoms. The van der Waals surface area contributed by atoms with Gasteiger partial charge in [-0.1, -0.05) is 0 Å². The Hall–Kier alpha value is -0.920. The lowest BCUT2D eigenvalue weighted by Crippen LogP contribution is -2.26. The first-order valence-corrected chi connectivity index (χ1v) is 5.76. The van der Waals surface area contributed by atoms with Crippen LogP contribution in [-0.4, -0.2) is 22.5 Å². The zero-order chi connectivity index (χ0) is 9.80. The van der Waals surface area contributed by atoms with E-state index < -0.39 is 0 Å². The molecular formula is C10H13N3S. The van der Waals surface area contributed by atoms with E-state index in [2.05, 4.69) is 16.0 Å². The summed E-state index contributed by atoms with van der Waals surface area (Å²) in [5, 5.41) is 8.56. The standard InChI is InChI=1S/C10H13N3S/c11-4-1-5-13(9-2-3-9)7-10-6-12-8-14-10/h6,8-9H,1-3,5,7H2. The molecule has 1 aromatic rings. The zero-order valence-corrected chi connectivity index (χ0v) is 8.83. The van der Waals surface area contributed by atoms with Crippen molar-refractivity contribution >= 4 is 11.3 Å². The van der Waals surface area contributed by atoms with Gasteiger partial charge in [0.05, 0.1) is 11.6 Å². The molecule has 14 heavy (non-hydrogen) atoms. The second-order valence-corrected chi connectivity index (χ2v) is 4.55. The molecule has 3 nitrogen and oxygen atoms in total. The lowest BCUT2D eigenvalue weighted by molar-refractivity contribution is 0.263. The SMILES string of the molecule is N#CCCN(Cc1cncs1)C1CC1. The van der Waals surface area contributed by atoms with Crippen LogP contribution in [0.3, 0.4) is 0 Å². The molecule has 4 heteroatoms. The summed E-state index contributed by atoms with van der Waals surface area (Å²) < 4.78 is 0. The molecule has 1 saturated carbocycles. The van der Waals surface area contributed by atoms with E-state index in [9.17, 15) is 0 Å². The van der Waals surface area contributed by atoms with Crippen molar-refractivity contribution in [1.29, 1.82) is 5.26 Å². The Balaban J connectivity index is 1.88. The molecule has 0 amide bonds. The van der Waals surface area contributed by atoms with Gasteiger partial charge in [0.1, 0.15) is 0 Å². The number of rotatable bonds is 5. The van der Waals surface area contributed by atoms with E-state index in [4.69, 9.17) is 5.26 Å². The normalized spacial score (nSPS) is 15.7. The summed E-state index contributed by atoms with van der Waals surface area (Å²) in [6.45, 7) is 1.87. The highest BCUT2D eigenvalue weighted by molar-refractivity contribution is 7.09. The number of thiazole rings is 1. The maximum absolute atomic E-state index is 8.56. The van der Waals surface area contributed by atoms with Gasteiger partial charge in [-0.05, 0) is 12.8 Å². The number of aromatic nitrogens is 1. The summed E-state index contributed by atoms with van der Waals surface area (Å²) in [4.78, 5) is 7.76. The molecule has 2 rings (SSSR count). The first kappa shape index (κ1) is 9.63. The Morgan fingerprint density at radius 3 is 3.07 bits per heavy atom. The predicted molar refractivity (Wildman–Crippen MR) is 55.8 cm³/mol. The number of hydrogen-bond donors (Lipinski definition) is 0. The van der Waals surface area contributed by atoms with Crippen LogP contribution in [0.25, 0.3) is 0 Å². The van der Waals surface area contributed by atoms with Gasteiger partial charge in [0, 0.05) is 36.6 Å². The Bertz CT molecular complexity index is 311. The molecule has 1 aliphatic carbocycles. The van der Waals surface area contributed by atoms with Gasteiger partial charge in [-0.25, -0.2) is 0 Å². The topological polar surface area (TPSA) is 39.9 Å². The maximum Gasteiger partial charge on any atom is 0.0794 e. The fourth-order valence-corrected chi connectivity index (χ4v) is 2.16. The lowest BCUT2D eigenvalue weighted by atomic mass is 10.3. The van der Waals surface area contributed by atoms with Crippen LogP contribution in [0, 0.1) is 11.3 Å². The summed E-state index contributed by atoms with van der Waals surface area (Å²) in [7, 11) is 0. The average molecular weight is 207 g/mol. The van der Waals surface area contributed by atoms with Crippen LogP contribution in [0.2, 0.25) is 0 Å². The second kappa shape index (κ2) is 4.54. The van der Waals surface area contributed by atoms with Crippen molar-refractivity contribution in [3.8, 4) is 6.07 Å². The van der Waals surface area contributed by atoms with Crippen LogP contribution >= 0.6 is 11.3 Å². The van der Waals surface area contributed by atoms with Crippen LogP contribution in [0.5, 0.6) is 0 Å². The smallest absolute Gasteiger partial charge is 0.0794 e. The monoisotopic (exact) mass is 207 g/mol. The minimum absolute atomic E-state index is 0.634. The molecule has 0 saturated heterocycles. The Labute approximate surface area is 88.0 Å². The van der Waals surface area contributed by atoms with Crippen molar-refractivity contribution in [3.05, 3.63) is 16.6 Å². The van der Waals surface area contributed by atoms with Crippen molar-refractivity contribution in [3.63, 3.8) is 0 Å². The van der Waals surface area contributed by atoms with E-state index in [0.717, 1.165) is 19.1 Å². The van der Waals surface area contributed by atoms with Crippen LogP contribution in [0.4, 0.5) is 0 Å². The van der Waals surface area contributed by atoms with Crippen molar-refractivity contribution < 1.29 is 0 Å². The zero-order valence-electron chi connectivity index (χ0n) is 8.02. The van der Waals surface area contributed by atoms with Gasteiger partial charge in [0.25, 0.3) is 0 Å². The van der Waals surface area contributed by atoms with E-state index in [1.807, 2.05) is 11.7 Å². The minimum Gasteiger partial charge on any atom is -0.294 e. The molecule has 0 aliphatic heterocycles. The quantitative estimate of drug-likeness (QED) is 0.741. The molecule has 74 valence electrons. The fourth-order valence-electron chi connectivity index (χ4n) is 1.54. The van der Waals surface area contributed by atoms with Crippen molar-refractivity contribution in [2.75, 3.05) is 6.54 Å². The molecule has 0 aromatic carbocycles. The largest absolute Gasteiger partial charge is 0.294 e. The highest BCUT2D eigenvalue weighted by Crippen LogP contribution is 2.28. The molecule has 0 radical (unpaired) electrons. The van der Waals surface area contributed by atoms with E-state index in [0.29, 0.717) is 6.42 Å². The van der Waals surface area contributed by atoms with Gasteiger partial charge in [-0.3, -0.25) is 9.88 Å². The summed E-state index contributed by atoms with van der Waals surface area (Å²) in [5.41, 5.74) is 1.87. The third kappa shape index (κ3) is 2.53. The van der Waals surface area contributed by atoms with Crippen LogP contribution < -0.4 is 0 Å². The average Bonchev–Trinajstić information content (AvgIpc) is 2.92. The summed E-state index contributed by atoms with van der Waals surface area (Å²) in [6.07, 6.45) is 5.15. The number of hydrogen-bond acceptors (Lipinski definition) is 4. The Morgan fingerprint density at radius 2 is 2.50 bits per heavy atom. The number of nitrogens with zero attached hydrogens (tertiary/aromatic N) is 3. The molecule has 0 spiro atoms. The predicted octanol–water partition coefficient (Wildman–Crippen LogP) is 2.02. The minimum atomic E-state index is 0.634. The molecule has 1 heterocycles. The third-order valence-electron chi connectivity index (χ3n) is 2.42. The van der Waals surface area contributed by atoms with E-state index in [-0.39, 0.29) is 0 Å². The maximum atomic E-state index is 8.56. The van der Waals surface area contributed by atoms with Gasteiger partial charge in [-0.15, -0.1) is 11.3 Å². The first-order valence-electron chi connectivity index (χ1n) is 4.88. The molecule has 0 atom stereocenters. The summed E-state index contributed by atoms with van der Waals surface area (Å²) in [5.74, 6) is 0. The van der Waals surface area contributed by atoms with E-state index in [1.165, 1.54) is 17.7 Å². The third-order valence-corrected chi connectivity index (χ3v) is 3.18. The summed E-state index contributed by atoms with van der Waals surface area (Å²) in [6, 6.07) is 2.93. The van der Waals surface area contributed by atoms with Crippen molar-refractivity contribution in [1.82, 2.24) is 9.88 Å². The van der Waals surface area contributed by atoms with Crippen LogP contribution in [0.15, 0.2) is 11.7 Å². The Kier molecular flexibility index (Phi) is 3.12. The molecule has 1 aromatic heterocycles. The van der Waals surface area contributed by atoms with Gasteiger partial charge in [-0.2, -0.15) is 5.26 Å². The molecule has 0 N–H and O–H groups in total. The van der Waals surface area contributed by atoms with Crippen molar-refractivity contribution in [2.45, 2.75) is 31.8 Å². The fraction of sp³-hybridized carbons (Fsp3) is 0.600. The molecular weight excluding hydrogens is 194 g/mol. The highest BCUT2D eigenvalue weighted by Gasteiger charge is 2.28. The van der Waals surface area contributed by atoms with Gasteiger partial charge in [0.2, 0.25) is 0 Å².